The Labute approximate surface area is 141 Å². The maximum Gasteiger partial charge on any atom is 0.242 e. The van der Waals surface area contributed by atoms with Crippen LogP contribution >= 0.6 is 11.8 Å². The van der Waals surface area contributed by atoms with E-state index in [4.69, 9.17) is 0 Å². The Balaban J connectivity index is 2.10. The third-order valence-electron chi connectivity index (χ3n) is 3.61. The van der Waals surface area contributed by atoms with Crippen LogP contribution in [0.1, 0.15) is 20.3 Å². The van der Waals surface area contributed by atoms with Crippen LogP contribution in [0.4, 0.5) is 5.82 Å². The van der Waals surface area contributed by atoms with Crippen molar-refractivity contribution in [3.05, 3.63) is 30.6 Å². The van der Waals surface area contributed by atoms with Crippen molar-refractivity contribution in [3.63, 3.8) is 0 Å². The van der Waals surface area contributed by atoms with Crippen LogP contribution in [0.5, 0.6) is 0 Å². The van der Waals surface area contributed by atoms with Gasteiger partial charge >= 0.3 is 0 Å². The van der Waals surface area contributed by atoms with Crippen LogP contribution in [0.15, 0.2) is 30.6 Å². The number of aromatic nitrogens is 2. The highest BCUT2D eigenvalue weighted by Crippen LogP contribution is 2.20. The van der Waals surface area contributed by atoms with Gasteiger partial charge in [0.05, 0.1) is 5.52 Å². The maximum absolute atomic E-state index is 12.5. The zero-order chi connectivity index (χ0) is 16.7. The van der Waals surface area contributed by atoms with Crippen molar-refractivity contribution in [2.75, 3.05) is 23.9 Å². The van der Waals surface area contributed by atoms with E-state index >= 15 is 0 Å². The quantitative estimate of drug-likeness (QED) is 0.728. The van der Waals surface area contributed by atoms with Crippen molar-refractivity contribution in [2.24, 2.45) is 5.92 Å². The van der Waals surface area contributed by atoms with E-state index in [1.54, 1.807) is 11.8 Å². The average Bonchev–Trinajstić information content (AvgIpc) is 2.56. The smallest absolute Gasteiger partial charge is 0.242 e. The third-order valence-corrected chi connectivity index (χ3v) is 4.31. The molecule has 2 rings (SSSR count). The molecule has 0 aliphatic rings. The lowest BCUT2D eigenvalue weighted by molar-refractivity contribution is -0.122. The van der Waals surface area contributed by atoms with Crippen LogP contribution in [-0.4, -0.2) is 40.5 Å². The Bertz CT molecular complexity index is 642. The molecule has 0 saturated carbocycles. The van der Waals surface area contributed by atoms with Gasteiger partial charge in [-0.15, -0.1) is 0 Å². The summed E-state index contributed by atoms with van der Waals surface area (Å²) in [7, 11) is 0. The second-order valence-electron chi connectivity index (χ2n) is 5.74. The number of nitrogens with one attached hydrogen (secondary N) is 2. The van der Waals surface area contributed by atoms with E-state index in [2.05, 4.69) is 26.9 Å². The van der Waals surface area contributed by atoms with Crippen LogP contribution in [0.2, 0.25) is 0 Å². The Hall–Kier alpha value is -1.82. The van der Waals surface area contributed by atoms with Crippen molar-refractivity contribution in [2.45, 2.75) is 26.3 Å². The number of hydrogen-bond acceptors (Lipinski definition) is 5. The Morgan fingerprint density at radius 1 is 1.26 bits per heavy atom. The average molecular weight is 332 g/mol. The molecule has 0 radical (unpaired) electrons. The molecular weight excluding hydrogens is 308 g/mol. The fourth-order valence-electron chi connectivity index (χ4n) is 2.34. The lowest BCUT2D eigenvalue weighted by Gasteiger charge is -2.22. The molecule has 0 spiro atoms. The molecule has 0 fully saturated rings. The molecule has 1 aromatic heterocycles. The van der Waals surface area contributed by atoms with Gasteiger partial charge in [-0.05, 0) is 36.5 Å². The summed E-state index contributed by atoms with van der Waals surface area (Å²) in [5, 5.41) is 7.23. The van der Waals surface area contributed by atoms with Crippen LogP contribution in [0.3, 0.4) is 0 Å². The van der Waals surface area contributed by atoms with Gasteiger partial charge in [0, 0.05) is 11.9 Å². The molecular formula is C17H24N4OS. The van der Waals surface area contributed by atoms with Gasteiger partial charge in [0.1, 0.15) is 18.2 Å². The summed E-state index contributed by atoms with van der Waals surface area (Å²) in [5.74, 6) is 1.93. The number of carbonyl (C=O) groups excluding carboxylic acids is 1. The van der Waals surface area contributed by atoms with Crippen molar-refractivity contribution in [1.29, 1.82) is 0 Å². The number of carbonyl (C=O) groups is 1. The molecule has 0 bridgehead atoms. The lowest BCUT2D eigenvalue weighted by Crippen LogP contribution is -2.43. The minimum absolute atomic E-state index is 0.0174. The summed E-state index contributed by atoms with van der Waals surface area (Å²) in [6, 6.07) is 7.48. The van der Waals surface area contributed by atoms with Crippen molar-refractivity contribution in [3.8, 4) is 0 Å². The van der Waals surface area contributed by atoms with E-state index in [0.29, 0.717) is 12.4 Å². The van der Waals surface area contributed by atoms with Crippen molar-refractivity contribution in [1.82, 2.24) is 15.3 Å². The number of nitrogens with zero attached hydrogens (tertiary/aromatic N) is 2. The number of hydrogen-bond donors (Lipinski definition) is 2. The fraction of sp³-hybridized carbons (Fsp3) is 0.471. The largest absolute Gasteiger partial charge is 0.358 e. The van der Waals surface area contributed by atoms with Gasteiger partial charge in [-0.3, -0.25) is 4.79 Å². The van der Waals surface area contributed by atoms with Gasteiger partial charge in [0.15, 0.2) is 0 Å². The monoisotopic (exact) mass is 332 g/mol. The number of amides is 1. The lowest BCUT2D eigenvalue weighted by atomic mass is 10.0. The number of rotatable bonds is 8. The number of para-hydroxylation sites is 1. The molecule has 1 atom stereocenters. The molecule has 2 N–H and O–H groups in total. The molecule has 6 heteroatoms. The highest BCUT2D eigenvalue weighted by Gasteiger charge is 2.22. The van der Waals surface area contributed by atoms with Gasteiger partial charge in [-0.2, -0.15) is 11.8 Å². The second-order valence-corrected chi connectivity index (χ2v) is 6.73. The van der Waals surface area contributed by atoms with Gasteiger partial charge in [-0.1, -0.05) is 26.0 Å². The van der Waals surface area contributed by atoms with E-state index in [0.717, 1.165) is 23.1 Å². The second kappa shape index (κ2) is 8.72. The molecule has 5 nitrogen and oxygen atoms in total. The molecule has 1 aromatic carbocycles. The van der Waals surface area contributed by atoms with E-state index in [1.165, 1.54) is 6.33 Å². The summed E-state index contributed by atoms with van der Waals surface area (Å²) in [6.07, 6.45) is 4.58. The zero-order valence-electron chi connectivity index (χ0n) is 13.9. The van der Waals surface area contributed by atoms with E-state index < -0.39 is 0 Å². The molecule has 0 aliphatic heterocycles. The zero-order valence-corrected chi connectivity index (χ0v) is 14.7. The molecule has 124 valence electrons. The number of fused-ring (bicyclic) bond motifs is 1. The number of thioether (sulfide) groups is 1. The van der Waals surface area contributed by atoms with E-state index in [1.807, 2.05) is 38.1 Å². The summed E-state index contributed by atoms with van der Waals surface area (Å²) in [6.45, 7) is 4.76. The summed E-state index contributed by atoms with van der Waals surface area (Å²) in [5.41, 5.74) is 0.868. The Kier molecular flexibility index (Phi) is 6.65. The van der Waals surface area contributed by atoms with Gasteiger partial charge in [0.25, 0.3) is 0 Å². The van der Waals surface area contributed by atoms with Gasteiger partial charge in [-0.25, -0.2) is 9.97 Å². The fourth-order valence-corrected chi connectivity index (χ4v) is 2.77. The Morgan fingerprint density at radius 2 is 2.04 bits per heavy atom. The van der Waals surface area contributed by atoms with Gasteiger partial charge in [0.2, 0.25) is 5.91 Å². The first-order chi connectivity index (χ1) is 11.1. The highest BCUT2D eigenvalue weighted by atomic mass is 32.2. The first kappa shape index (κ1) is 17.5. The third kappa shape index (κ3) is 4.82. The maximum atomic E-state index is 12.5. The first-order valence-electron chi connectivity index (χ1n) is 7.86. The predicted molar refractivity (Wildman–Crippen MR) is 97.8 cm³/mol. The molecule has 1 amide bonds. The summed E-state index contributed by atoms with van der Waals surface area (Å²) >= 11 is 1.79. The first-order valence-corrected chi connectivity index (χ1v) is 9.25. The SMILES string of the molecule is CSCCCNC(=O)C(Nc1ncnc2ccccc12)C(C)C. The minimum Gasteiger partial charge on any atom is -0.358 e. The molecule has 0 aliphatic carbocycles. The molecule has 23 heavy (non-hydrogen) atoms. The molecule has 1 heterocycles. The van der Waals surface area contributed by atoms with Crippen LogP contribution in [-0.2, 0) is 4.79 Å². The van der Waals surface area contributed by atoms with Crippen LogP contribution < -0.4 is 10.6 Å². The van der Waals surface area contributed by atoms with E-state index in [9.17, 15) is 4.79 Å². The standard InChI is InChI=1S/C17H24N4OS/c1-12(2)15(17(22)18-9-6-10-23-3)21-16-13-7-4-5-8-14(13)19-11-20-16/h4-5,7-8,11-12,15H,6,9-10H2,1-3H3,(H,18,22)(H,19,20,21). The highest BCUT2D eigenvalue weighted by molar-refractivity contribution is 7.98. The predicted octanol–water partition coefficient (Wildman–Crippen LogP) is 2.94. The Morgan fingerprint density at radius 3 is 2.78 bits per heavy atom. The molecule has 2 aromatic rings. The topological polar surface area (TPSA) is 66.9 Å². The van der Waals surface area contributed by atoms with Gasteiger partial charge < -0.3 is 10.6 Å². The number of benzene rings is 1. The summed E-state index contributed by atoms with van der Waals surface area (Å²) in [4.78, 5) is 21.0. The van der Waals surface area contributed by atoms with Crippen molar-refractivity contribution >= 4 is 34.4 Å². The summed E-state index contributed by atoms with van der Waals surface area (Å²) < 4.78 is 0. The number of anilines is 1. The minimum atomic E-state index is -0.317. The normalized spacial score (nSPS) is 12.3. The van der Waals surface area contributed by atoms with Crippen molar-refractivity contribution < 1.29 is 4.79 Å². The molecule has 1 unspecified atom stereocenters. The van der Waals surface area contributed by atoms with E-state index in [-0.39, 0.29) is 17.9 Å². The van der Waals surface area contributed by atoms with Crippen LogP contribution in [0.25, 0.3) is 10.9 Å². The van der Waals surface area contributed by atoms with Crippen LogP contribution in [0, 0.1) is 5.92 Å². The molecule has 0 saturated heterocycles.